The van der Waals surface area contributed by atoms with E-state index in [1.165, 1.54) is 10.6 Å². The summed E-state index contributed by atoms with van der Waals surface area (Å²) in [6.45, 7) is 3.33. The van der Waals surface area contributed by atoms with Crippen LogP contribution >= 0.6 is 0 Å². The third-order valence-corrected chi connectivity index (χ3v) is 1.80. The molecule has 1 heteroatoms. The summed E-state index contributed by atoms with van der Waals surface area (Å²) in [4.78, 5) is 1.46. The standard InChI is InChI=1S/C9H13N/c1-3-10(2)9-7-5-4-6-8-9/h4-8H,3H2,1-2H3/p+1. The molecule has 0 radical (unpaired) electrons. The fourth-order valence-corrected chi connectivity index (χ4v) is 0.927. The summed E-state index contributed by atoms with van der Waals surface area (Å²) < 4.78 is 0. The van der Waals surface area contributed by atoms with Crippen molar-refractivity contribution >= 4 is 5.69 Å². The van der Waals surface area contributed by atoms with Gasteiger partial charge in [0.1, 0.15) is 5.69 Å². The zero-order valence-corrected chi connectivity index (χ0v) is 6.59. The molecule has 1 rings (SSSR count). The topological polar surface area (TPSA) is 4.44 Å². The summed E-state index contributed by atoms with van der Waals surface area (Å²) >= 11 is 0. The van der Waals surface area contributed by atoms with Crippen LogP contribution in [0.4, 0.5) is 5.69 Å². The normalized spacial score (nSPS) is 13.0. The molecule has 0 amide bonds. The van der Waals surface area contributed by atoms with Crippen molar-refractivity contribution in [2.24, 2.45) is 0 Å². The quantitative estimate of drug-likeness (QED) is 0.615. The minimum Gasteiger partial charge on any atom is -0.305 e. The van der Waals surface area contributed by atoms with Gasteiger partial charge >= 0.3 is 0 Å². The maximum absolute atomic E-state index is 2.18. The first-order chi connectivity index (χ1) is 4.84. The number of hydrogen-bond donors (Lipinski definition) is 1. The van der Waals surface area contributed by atoms with E-state index in [1.807, 2.05) is 6.07 Å². The molecule has 0 aliphatic carbocycles. The van der Waals surface area contributed by atoms with Gasteiger partial charge in [0.2, 0.25) is 0 Å². The lowest BCUT2D eigenvalue weighted by molar-refractivity contribution is -0.807. The molecule has 0 aliphatic heterocycles. The molecule has 0 heterocycles. The van der Waals surface area contributed by atoms with Gasteiger partial charge in [-0.2, -0.15) is 0 Å². The number of hydrogen-bond acceptors (Lipinski definition) is 0. The summed E-state index contributed by atoms with van der Waals surface area (Å²) in [5.74, 6) is 0. The zero-order chi connectivity index (χ0) is 7.40. The van der Waals surface area contributed by atoms with Crippen LogP contribution in [0.1, 0.15) is 6.92 Å². The first-order valence-corrected chi connectivity index (χ1v) is 3.72. The molecule has 1 atom stereocenters. The van der Waals surface area contributed by atoms with Crippen LogP contribution < -0.4 is 4.90 Å². The van der Waals surface area contributed by atoms with Crippen LogP contribution in [-0.4, -0.2) is 13.6 Å². The highest BCUT2D eigenvalue weighted by Crippen LogP contribution is 1.96. The van der Waals surface area contributed by atoms with E-state index in [0.29, 0.717) is 0 Å². The van der Waals surface area contributed by atoms with Gasteiger partial charge in [0.25, 0.3) is 0 Å². The summed E-state index contributed by atoms with van der Waals surface area (Å²) in [7, 11) is 2.18. The zero-order valence-electron chi connectivity index (χ0n) is 6.59. The van der Waals surface area contributed by atoms with Crippen molar-refractivity contribution in [1.29, 1.82) is 0 Å². The van der Waals surface area contributed by atoms with Gasteiger partial charge < -0.3 is 4.90 Å². The van der Waals surface area contributed by atoms with Crippen LogP contribution in [0.2, 0.25) is 0 Å². The van der Waals surface area contributed by atoms with E-state index in [9.17, 15) is 0 Å². The molecule has 0 saturated heterocycles. The summed E-state index contributed by atoms with van der Waals surface area (Å²) in [6, 6.07) is 10.5. The molecular weight excluding hydrogens is 122 g/mol. The van der Waals surface area contributed by atoms with Crippen molar-refractivity contribution in [3.05, 3.63) is 30.3 Å². The fraction of sp³-hybridized carbons (Fsp3) is 0.333. The third kappa shape index (κ3) is 1.58. The molecule has 0 bridgehead atoms. The van der Waals surface area contributed by atoms with E-state index in [-0.39, 0.29) is 0 Å². The Hall–Kier alpha value is -0.820. The maximum Gasteiger partial charge on any atom is 0.130 e. The Bertz CT molecular complexity index is 181. The molecule has 1 aromatic carbocycles. The van der Waals surface area contributed by atoms with Gasteiger partial charge in [-0.1, -0.05) is 18.2 Å². The van der Waals surface area contributed by atoms with Crippen molar-refractivity contribution in [1.82, 2.24) is 0 Å². The lowest BCUT2D eigenvalue weighted by Gasteiger charge is -2.09. The number of benzene rings is 1. The average Bonchev–Trinajstić information content (AvgIpc) is 2.05. The molecule has 0 spiro atoms. The molecule has 0 fully saturated rings. The van der Waals surface area contributed by atoms with E-state index >= 15 is 0 Å². The highest BCUT2D eigenvalue weighted by molar-refractivity contribution is 5.27. The van der Waals surface area contributed by atoms with E-state index in [1.54, 1.807) is 0 Å². The minimum atomic E-state index is 1.14. The highest BCUT2D eigenvalue weighted by Gasteiger charge is 1.98. The average molecular weight is 136 g/mol. The number of quaternary nitrogens is 1. The van der Waals surface area contributed by atoms with Gasteiger partial charge in [0.05, 0.1) is 13.6 Å². The smallest absolute Gasteiger partial charge is 0.130 e. The predicted octanol–water partition coefficient (Wildman–Crippen LogP) is 0.853. The van der Waals surface area contributed by atoms with E-state index < -0.39 is 0 Å². The van der Waals surface area contributed by atoms with Crippen LogP contribution in [0.5, 0.6) is 0 Å². The molecule has 0 saturated carbocycles. The SMILES string of the molecule is CC[NH+](C)c1ccccc1. The second-order valence-corrected chi connectivity index (χ2v) is 2.50. The van der Waals surface area contributed by atoms with Gasteiger partial charge in [0, 0.05) is 0 Å². The third-order valence-electron chi connectivity index (χ3n) is 1.80. The second-order valence-electron chi connectivity index (χ2n) is 2.50. The van der Waals surface area contributed by atoms with Crippen molar-refractivity contribution in [3.8, 4) is 0 Å². The minimum absolute atomic E-state index is 1.14. The van der Waals surface area contributed by atoms with Gasteiger partial charge in [-0.3, -0.25) is 0 Å². The molecule has 1 nitrogen and oxygen atoms in total. The van der Waals surface area contributed by atoms with Crippen molar-refractivity contribution in [3.63, 3.8) is 0 Å². The Morgan fingerprint density at radius 3 is 2.30 bits per heavy atom. The number of para-hydroxylation sites is 1. The first-order valence-electron chi connectivity index (χ1n) is 3.72. The van der Waals surface area contributed by atoms with Crippen LogP contribution in [0.25, 0.3) is 0 Å². The fourth-order valence-electron chi connectivity index (χ4n) is 0.927. The Kier molecular flexibility index (Phi) is 2.46. The lowest BCUT2D eigenvalue weighted by atomic mass is 10.3. The first kappa shape index (κ1) is 7.29. The van der Waals surface area contributed by atoms with Crippen molar-refractivity contribution in [2.75, 3.05) is 13.6 Å². The Morgan fingerprint density at radius 1 is 1.20 bits per heavy atom. The van der Waals surface area contributed by atoms with Gasteiger partial charge in [-0.15, -0.1) is 0 Å². The van der Waals surface area contributed by atoms with E-state index in [4.69, 9.17) is 0 Å². The highest BCUT2D eigenvalue weighted by atomic mass is 15.1. The largest absolute Gasteiger partial charge is 0.305 e. The molecule has 54 valence electrons. The molecule has 10 heavy (non-hydrogen) atoms. The van der Waals surface area contributed by atoms with Crippen LogP contribution in [-0.2, 0) is 0 Å². The van der Waals surface area contributed by atoms with E-state index in [0.717, 1.165) is 6.54 Å². The molecule has 1 aromatic rings. The van der Waals surface area contributed by atoms with Crippen LogP contribution in [0, 0.1) is 0 Å². The summed E-state index contributed by atoms with van der Waals surface area (Å²) in [5, 5.41) is 0. The molecule has 1 N–H and O–H groups in total. The summed E-state index contributed by atoms with van der Waals surface area (Å²) in [5.41, 5.74) is 1.37. The Morgan fingerprint density at radius 2 is 1.80 bits per heavy atom. The Labute approximate surface area is 62.3 Å². The molecular formula is C9H14N+. The molecule has 0 aromatic heterocycles. The van der Waals surface area contributed by atoms with Gasteiger partial charge in [-0.05, 0) is 19.1 Å². The predicted molar refractivity (Wildman–Crippen MR) is 43.5 cm³/mol. The second kappa shape index (κ2) is 3.37. The van der Waals surface area contributed by atoms with E-state index in [2.05, 4.69) is 38.2 Å². The van der Waals surface area contributed by atoms with Crippen LogP contribution in [0.3, 0.4) is 0 Å². The number of rotatable bonds is 2. The van der Waals surface area contributed by atoms with Crippen molar-refractivity contribution in [2.45, 2.75) is 6.92 Å². The van der Waals surface area contributed by atoms with Crippen LogP contribution in [0.15, 0.2) is 30.3 Å². The van der Waals surface area contributed by atoms with Crippen molar-refractivity contribution < 1.29 is 4.90 Å². The lowest BCUT2D eigenvalue weighted by Crippen LogP contribution is -3.03. The molecule has 0 aliphatic rings. The molecule has 1 unspecified atom stereocenters. The number of nitrogens with one attached hydrogen (secondary N) is 1. The van der Waals surface area contributed by atoms with Gasteiger partial charge in [-0.25, -0.2) is 0 Å². The monoisotopic (exact) mass is 136 g/mol. The van der Waals surface area contributed by atoms with Gasteiger partial charge in [0.15, 0.2) is 0 Å². The maximum atomic E-state index is 2.18. The summed E-state index contributed by atoms with van der Waals surface area (Å²) in [6.07, 6.45) is 0. The Balaban J connectivity index is 2.75.